The minimum absolute atomic E-state index is 0.444. The minimum atomic E-state index is -3.24. The largest absolute Gasteiger partial charge is 0.317 e. The number of nitrogens with zero attached hydrogens (tertiary/aromatic N) is 1. The molecule has 0 aromatic heterocycles. The molecule has 0 unspecified atom stereocenters. The molecule has 5 nitrogen and oxygen atoms in total. The summed E-state index contributed by atoms with van der Waals surface area (Å²) in [4.78, 5) is 0. The summed E-state index contributed by atoms with van der Waals surface area (Å²) in [5.41, 5.74) is 0. The van der Waals surface area contributed by atoms with E-state index < -0.39 is 10.2 Å². The molecule has 0 spiro atoms. The summed E-state index contributed by atoms with van der Waals surface area (Å²) in [5.74, 6) is 0.667. The fourth-order valence-electron chi connectivity index (χ4n) is 1.95. The second kappa shape index (κ2) is 6.54. The van der Waals surface area contributed by atoms with Crippen molar-refractivity contribution in [1.29, 1.82) is 0 Å². The molecule has 2 N–H and O–H groups in total. The van der Waals surface area contributed by atoms with Crippen LogP contribution in [0.25, 0.3) is 0 Å². The zero-order chi connectivity index (χ0) is 12.0. The second-order valence-electron chi connectivity index (χ2n) is 4.31. The molecule has 16 heavy (non-hydrogen) atoms. The van der Waals surface area contributed by atoms with Gasteiger partial charge < -0.3 is 5.32 Å². The molecule has 0 atom stereocenters. The highest BCUT2D eigenvalue weighted by atomic mass is 32.2. The van der Waals surface area contributed by atoms with Crippen LogP contribution in [0.4, 0.5) is 0 Å². The van der Waals surface area contributed by atoms with E-state index in [4.69, 9.17) is 0 Å². The zero-order valence-corrected chi connectivity index (χ0v) is 11.0. The maximum atomic E-state index is 11.6. The van der Waals surface area contributed by atoms with Crippen LogP contribution in [0.15, 0.2) is 0 Å². The number of rotatable bonds is 6. The normalized spacial score (nSPS) is 19.2. The van der Waals surface area contributed by atoms with Crippen LogP contribution >= 0.6 is 0 Å². The Morgan fingerprint density at radius 3 is 2.56 bits per heavy atom. The Hall–Kier alpha value is -0.170. The molecule has 6 heteroatoms. The molecular weight excluding hydrogens is 226 g/mol. The van der Waals surface area contributed by atoms with E-state index >= 15 is 0 Å². The number of hydrogen-bond donors (Lipinski definition) is 2. The van der Waals surface area contributed by atoms with Crippen molar-refractivity contribution in [3.05, 3.63) is 0 Å². The van der Waals surface area contributed by atoms with Crippen molar-refractivity contribution in [1.82, 2.24) is 14.3 Å². The van der Waals surface area contributed by atoms with Crippen molar-refractivity contribution >= 4 is 10.2 Å². The maximum absolute atomic E-state index is 11.6. The smallest absolute Gasteiger partial charge is 0.279 e. The minimum Gasteiger partial charge on any atom is -0.317 e. The third-order valence-electron chi connectivity index (χ3n) is 3.05. The summed E-state index contributed by atoms with van der Waals surface area (Å²) >= 11 is 0. The lowest BCUT2D eigenvalue weighted by molar-refractivity contribution is 0.325. The fraction of sp³-hybridized carbons (Fsp3) is 1.00. The lowest BCUT2D eigenvalue weighted by Crippen LogP contribution is -2.39. The number of hydrogen-bond acceptors (Lipinski definition) is 3. The molecule has 1 aliphatic heterocycles. The number of nitrogens with one attached hydrogen (secondary N) is 2. The van der Waals surface area contributed by atoms with Crippen LogP contribution in [0.5, 0.6) is 0 Å². The molecule has 0 saturated carbocycles. The van der Waals surface area contributed by atoms with Crippen molar-refractivity contribution in [2.24, 2.45) is 5.92 Å². The van der Waals surface area contributed by atoms with Gasteiger partial charge in [-0.3, -0.25) is 0 Å². The van der Waals surface area contributed by atoms with E-state index in [0.717, 1.165) is 32.4 Å². The summed E-state index contributed by atoms with van der Waals surface area (Å²) in [5, 5.41) is 3.31. The van der Waals surface area contributed by atoms with E-state index in [9.17, 15) is 8.42 Å². The molecule has 96 valence electrons. The average molecular weight is 249 g/mol. The van der Waals surface area contributed by atoms with Gasteiger partial charge in [0.25, 0.3) is 10.2 Å². The van der Waals surface area contributed by atoms with Crippen LogP contribution in [0.3, 0.4) is 0 Å². The van der Waals surface area contributed by atoms with Crippen LogP contribution < -0.4 is 10.0 Å². The topological polar surface area (TPSA) is 61.4 Å². The highest BCUT2D eigenvalue weighted by molar-refractivity contribution is 7.87. The Labute approximate surface area is 98.8 Å². The highest BCUT2D eigenvalue weighted by Gasteiger charge is 2.19. The molecule has 1 heterocycles. The Morgan fingerprint density at radius 2 is 2.00 bits per heavy atom. The Balaban J connectivity index is 2.30. The first-order chi connectivity index (χ1) is 7.56. The molecule has 0 amide bonds. The van der Waals surface area contributed by atoms with Crippen LogP contribution in [-0.2, 0) is 10.2 Å². The Morgan fingerprint density at radius 1 is 1.38 bits per heavy atom. The van der Waals surface area contributed by atoms with Crippen molar-refractivity contribution in [3.63, 3.8) is 0 Å². The van der Waals surface area contributed by atoms with Crippen molar-refractivity contribution in [3.8, 4) is 0 Å². The molecule has 0 radical (unpaired) electrons. The van der Waals surface area contributed by atoms with Crippen LogP contribution in [0, 0.1) is 5.92 Å². The van der Waals surface area contributed by atoms with Crippen LogP contribution in [0.2, 0.25) is 0 Å². The summed E-state index contributed by atoms with van der Waals surface area (Å²) in [6.45, 7) is 4.97. The van der Waals surface area contributed by atoms with E-state index in [-0.39, 0.29) is 0 Å². The predicted octanol–water partition coefficient (Wildman–Crippen LogP) is 0.162. The van der Waals surface area contributed by atoms with Gasteiger partial charge in [0.15, 0.2) is 0 Å². The van der Waals surface area contributed by atoms with Crippen molar-refractivity contribution in [2.45, 2.75) is 26.2 Å². The lowest BCUT2D eigenvalue weighted by Gasteiger charge is -2.25. The van der Waals surface area contributed by atoms with Gasteiger partial charge >= 0.3 is 0 Å². The van der Waals surface area contributed by atoms with E-state index in [1.807, 2.05) is 0 Å². The van der Waals surface area contributed by atoms with Gasteiger partial charge in [-0.2, -0.15) is 12.7 Å². The molecule has 0 aromatic rings. The van der Waals surface area contributed by atoms with E-state index in [1.54, 1.807) is 14.0 Å². The summed E-state index contributed by atoms with van der Waals surface area (Å²) in [7, 11) is -1.61. The molecule has 1 aliphatic rings. The van der Waals surface area contributed by atoms with Gasteiger partial charge in [0.2, 0.25) is 0 Å². The Kier molecular flexibility index (Phi) is 5.68. The third kappa shape index (κ3) is 4.37. The van der Waals surface area contributed by atoms with Gasteiger partial charge in [-0.25, -0.2) is 4.72 Å². The standard InChI is InChI=1S/C10H23N3O2S/c1-3-12-16(14,15)13(2)9-6-10-4-7-11-8-5-10/h10-12H,3-9H2,1-2H3. The zero-order valence-electron chi connectivity index (χ0n) is 10.2. The van der Waals surface area contributed by atoms with E-state index in [0.29, 0.717) is 19.0 Å². The van der Waals surface area contributed by atoms with Crippen LogP contribution in [0.1, 0.15) is 26.2 Å². The number of piperidine rings is 1. The summed E-state index contributed by atoms with van der Waals surface area (Å²) in [6.07, 6.45) is 3.28. The van der Waals surface area contributed by atoms with Crippen molar-refractivity contribution < 1.29 is 8.42 Å². The van der Waals surface area contributed by atoms with Gasteiger partial charge in [0, 0.05) is 20.1 Å². The monoisotopic (exact) mass is 249 g/mol. The predicted molar refractivity (Wildman–Crippen MR) is 65.4 cm³/mol. The lowest BCUT2D eigenvalue weighted by atomic mass is 9.95. The van der Waals surface area contributed by atoms with Gasteiger partial charge in [-0.15, -0.1) is 0 Å². The molecule has 0 aromatic carbocycles. The summed E-state index contributed by atoms with van der Waals surface area (Å²) in [6, 6.07) is 0. The SMILES string of the molecule is CCNS(=O)(=O)N(C)CCC1CCNCC1. The average Bonchev–Trinajstić information content (AvgIpc) is 2.27. The first-order valence-corrected chi connectivity index (χ1v) is 7.42. The first kappa shape index (κ1) is 13.9. The van der Waals surface area contributed by atoms with E-state index in [1.165, 1.54) is 4.31 Å². The molecule has 0 bridgehead atoms. The molecule has 0 aliphatic carbocycles. The quantitative estimate of drug-likeness (QED) is 0.705. The van der Waals surface area contributed by atoms with Gasteiger partial charge in [-0.1, -0.05) is 6.92 Å². The van der Waals surface area contributed by atoms with Crippen molar-refractivity contribution in [2.75, 3.05) is 33.2 Å². The van der Waals surface area contributed by atoms with Gasteiger partial charge in [-0.05, 0) is 38.3 Å². The van der Waals surface area contributed by atoms with Gasteiger partial charge in [0.1, 0.15) is 0 Å². The molecule has 1 saturated heterocycles. The second-order valence-corrected chi connectivity index (χ2v) is 6.17. The summed E-state index contributed by atoms with van der Waals surface area (Å²) < 4.78 is 27.1. The third-order valence-corrected chi connectivity index (χ3v) is 4.70. The van der Waals surface area contributed by atoms with E-state index in [2.05, 4.69) is 10.0 Å². The highest BCUT2D eigenvalue weighted by Crippen LogP contribution is 2.16. The van der Waals surface area contributed by atoms with Crippen LogP contribution in [-0.4, -0.2) is 45.9 Å². The Bertz CT molecular complexity index is 286. The molecular formula is C10H23N3O2S. The molecule has 1 fully saturated rings. The molecule has 1 rings (SSSR count). The fourth-order valence-corrected chi connectivity index (χ4v) is 2.88. The maximum Gasteiger partial charge on any atom is 0.279 e. The van der Waals surface area contributed by atoms with Gasteiger partial charge in [0.05, 0.1) is 0 Å². The first-order valence-electron chi connectivity index (χ1n) is 5.98.